The number of carboxylic acid groups (broad SMARTS) is 1. The number of hydrogen-bond acceptors (Lipinski definition) is 4. The Balaban J connectivity index is 2.36. The summed E-state index contributed by atoms with van der Waals surface area (Å²) in [5, 5.41) is 10.9. The zero-order valence-electron chi connectivity index (χ0n) is 9.37. The van der Waals surface area contributed by atoms with E-state index in [0.717, 1.165) is 8.78 Å². The van der Waals surface area contributed by atoms with Crippen LogP contribution in [0, 0.1) is 0 Å². The van der Waals surface area contributed by atoms with Crippen molar-refractivity contribution in [1.29, 1.82) is 0 Å². The second-order valence-electron chi connectivity index (χ2n) is 4.05. The first-order valence-electron chi connectivity index (χ1n) is 5.41. The van der Waals surface area contributed by atoms with E-state index in [9.17, 15) is 18.3 Å². The molecule has 0 aromatic heterocycles. The highest BCUT2D eigenvalue weighted by Gasteiger charge is 2.35. The van der Waals surface area contributed by atoms with Gasteiger partial charge in [0.1, 0.15) is 0 Å². The van der Waals surface area contributed by atoms with Crippen molar-refractivity contribution in [1.82, 2.24) is 4.31 Å². The summed E-state index contributed by atoms with van der Waals surface area (Å²) in [6.45, 7) is 0.219. The fourth-order valence-electron chi connectivity index (χ4n) is 2.01. The Hall–Kier alpha value is -0.920. The van der Waals surface area contributed by atoms with Crippen LogP contribution in [0.5, 0.6) is 0 Å². The van der Waals surface area contributed by atoms with E-state index in [1.54, 1.807) is 12.1 Å². The summed E-state index contributed by atoms with van der Waals surface area (Å²) in [5.74, 6) is -1.34. The number of nitrogens with zero attached hydrogens (tertiary/aromatic N) is 1. The Morgan fingerprint density at radius 3 is 2.50 bits per heavy atom. The Morgan fingerprint density at radius 2 is 1.94 bits per heavy atom. The predicted molar refractivity (Wildman–Crippen MR) is 66.1 cm³/mol. The number of carbonyl (C=O) groups excluding carboxylic acids is 1. The second kappa shape index (κ2) is 4.99. The van der Waals surface area contributed by atoms with Crippen LogP contribution in [-0.4, -0.2) is 31.3 Å². The molecule has 0 amide bonds. The number of hydrogen-bond donors (Lipinski definition) is 0. The first-order valence-corrected chi connectivity index (χ1v) is 7.64. The molecule has 0 saturated carbocycles. The molecule has 0 bridgehead atoms. The van der Waals surface area contributed by atoms with Crippen molar-refractivity contribution in [3.63, 3.8) is 0 Å². The first kappa shape index (κ1) is 13.5. The van der Waals surface area contributed by atoms with Gasteiger partial charge in [0.25, 0.3) is 0 Å². The van der Waals surface area contributed by atoms with Crippen molar-refractivity contribution in [2.24, 2.45) is 0 Å². The highest BCUT2D eigenvalue weighted by Crippen LogP contribution is 2.26. The Bertz CT molecular complexity index is 555. The van der Waals surface area contributed by atoms with Crippen LogP contribution in [0.3, 0.4) is 0 Å². The van der Waals surface area contributed by atoms with Crippen molar-refractivity contribution in [2.75, 3.05) is 6.54 Å². The molecule has 18 heavy (non-hydrogen) atoms. The topological polar surface area (TPSA) is 77.5 Å². The van der Waals surface area contributed by atoms with Crippen LogP contribution < -0.4 is 5.11 Å². The first-order chi connectivity index (χ1) is 8.43. The minimum absolute atomic E-state index is 0.0962. The van der Waals surface area contributed by atoms with Gasteiger partial charge in [0.2, 0.25) is 10.0 Å². The monoisotopic (exact) mass is 332 g/mol. The molecular formula is C11H11BrNO4S-. The summed E-state index contributed by atoms with van der Waals surface area (Å²) < 4.78 is 26.3. The van der Waals surface area contributed by atoms with Crippen LogP contribution in [0.1, 0.15) is 12.8 Å². The second-order valence-corrected chi connectivity index (χ2v) is 6.85. The minimum Gasteiger partial charge on any atom is -0.548 e. The number of carboxylic acids is 1. The number of benzene rings is 1. The summed E-state index contributed by atoms with van der Waals surface area (Å²) in [6, 6.07) is 5.06. The van der Waals surface area contributed by atoms with Crippen molar-refractivity contribution < 1.29 is 18.3 Å². The van der Waals surface area contributed by atoms with Gasteiger partial charge in [-0.2, -0.15) is 4.31 Å². The lowest BCUT2D eigenvalue weighted by Crippen LogP contribution is -2.46. The number of rotatable bonds is 3. The van der Waals surface area contributed by atoms with Crippen molar-refractivity contribution in [2.45, 2.75) is 23.8 Å². The maximum absolute atomic E-state index is 12.3. The maximum atomic E-state index is 12.3. The lowest BCUT2D eigenvalue weighted by Gasteiger charge is -2.24. The van der Waals surface area contributed by atoms with E-state index in [4.69, 9.17) is 0 Å². The van der Waals surface area contributed by atoms with Gasteiger partial charge in [0, 0.05) is 11.0 Å². The third-order valence-electron chi connectivity index (χ3n) is 2.90. The standard InChI is InChI=1S/C11H12BrNO4S/c12-8-3-5-9(6-4-8)18(16,17)13-7-1-2-10(13)11(14)15/h3-6,10H,1-2,7H2,(H,14,15)/p-1/t10-/m1/s1. The van der Waals surface area contributed by atoms with E-state index in [0.29, 0.717) is 12.8 Å². The summed E-state index contributed by atoms with van der Waals surface area (Å²) in [4.78, 5) is 11.0. The van der Waals surface area contributed by atoms with Crippen LogP contribution in [0.25, 0.3) is 0 Å². The molecule has 5 nitrogen and oxygen atoms in total. The largest absolute Gasteiger partial charge is 0.548 e. The summed E-state index contributed by atoms with van der Waals surface area (Å²) >= 11 is 3.22. The fraction of sp³-hybridized carbons (Fsp3) is 0.364. The molecular weight excluding hydrogens is 322 g/mol. The Labute approximate surface area is 114 Å². The molecule has 0 aliphatic carbocycles. The fourth-order valence-corrected chi connectivity index (χ4v) is 3.92. The molecule has 0 N–H and O–H groups in total. The van der Waals surface area contributed by atoms with Crippen molar-refractivity contribution in [3.8, 4) is 0 Å². The molecule has 1 saturated heterocycles. The van der Waals surface area contributed by atoms with E-state index in [1.165, 1.54) is 12.1 Å². The average molecular weight is 333 g/mol. The summed E-state index contributed by atoms with van der Waals surface area (Å²) in [5.41, 5.74) is 0. The zero-order valence-corrected chi connectivity index (χ0v) is 11.8. The molecule has 1 aliphatic rings. The molecule has 2 rings (SSSR count). The quantitative estimate of drug-likeness (QED) is 0.800. The van der Waals surface area contributed by atoms with Gasteiger partial charge in [-0.25, -0.2) is 8.42 Å². The smallest absolute Gasteiger partial charge is 0.243 e. The van der Waals surface area contributed by atoms with Crippen LogP contribution in [-0.2, 0) is 14.8 Å². The van der Waals surface area contributed by atoms with Crippen molar-refractivity contribution >= 4 is 31.9 Å². The van der Waals surface area contributed by atoms with Crippen molar-refractivity contribution in [3.05, 3.63) is 28.7 Å². The summed E-state index contributed by atoms with van der Waals surface area (Å²) in [6.07, 6.45) is 0.840. The van der Waals surface area contributed by atoms with E-state index in [-0.39, 0.29) is 11.4 Å². The Kier molecular flexibility index (Phi) is 3.74. The van der Waals surface area contributed by atoms with E-state index in [2.05, 4.69) is 15.9 Å². The van der Waals surface area contributed by atoms with Gasteiger partial charge in [-0.15, -0.1) is 0 Å². The maximum Gasteiger partial charge on any atom is 0.243 e. The van der Waals surface area contributed by atoms with Gasteiger partial charge in [-0.1, -0.05) is 15.9 Å². The van der Waals surface area contributed by atoms with Gasteiger partial charge < -0.3 is 9.90 Å². The van der Waals surface area contributed by atoms with Crippen LogP contribution in [0.15, 0.2) is 33.6 Å². The van der Waals surface area contributed by atoms with Crippen LogP contribution in [0.2, 0.25) is 0 Å². The number of halogens is 1. The van der Waals surface area contributed by atoms with Gasteiger partial charge in [0.15, 0.2) is 0 Å². The molecule has 1 atom stereocenters. The number of aliphatic carboxylic acids is 1. The van der Waals surface area contributed by atoms with E-state index < -0.39 is 22.0 Å². The third-order valence-corrected chi connectivity index (χ3v) is 5.35. The third kappa shape index (κ3) is 2.43. The van der Waals surface area contributed by atoms with Gasteiger partial charge in [-0.05, 0) is 37.1 Å². The van der Waals surface area contributed by atoms with Gasteiger partial charge in [0.05, 0.1) is 16.9 Å². The van der Waals surface area contributed by atoms with E-state index in [1.807, 2.05) is 0 Å². The molecule has 1 fully saturated rings. The number of sulfonamides is 1. The van der Waals surface area contributed by atoms with Gasteiger partial charge in [-0.3, -0.25) is 0 Å². The van der Waals surface area contributed by atoms with Crippen LogP contribution in [0.4, 0.5) is 0 Å². The lowest BCUT2D eigenvalue weighted by molar-refractivity contribution is -0.309. The molecule has 7 heteroatoms. The molecule has 0 radical (unpaired) electrons. The molecule has 1 heterocycles. The van der Waals surface area contributed by atoms with E-state index >= 15 is 0 Å². The highest BCUT2D eigenvalue weighted by atomic mass is 79.9. The van der Waals surface area contributed by atoms with Crippen LogP contribution >= 0.6 is 15.9 Å². The zero-order chi connectivity index (χ0) is 13.3. The summed E-state index contributed by atoms with van der Waals surface area (Å²) in [7, 11) is -3.76. The average Bonchev–Trinajstić information content (AvgIpc) is 2.79. The number of carbonyl (C=O) groups is 1. The van der Waals surface area contributed by atoms with Gasteiger partial charge >= 0.3 is 0 Å². The molecule has 1 aromatic carbocycles. The minimum atomic E-state index is -3.76. The molecule has 0 spiro atoms. The lowest BCUT2D eigenvalue weighted by atomic mass is 10.2. The predicted octanol–water partition coefficient (Wildman–Crippen LogP) is 0.352. The normalized spacial score (nSPS) is 21.1. The SMILES string of the molecule is O=C([O-])[C@H]1CCCN1S(=O)(=O)c1ccc(Br)cc1. The molecule has 1 aliphatic heterocycles. The molecule has 1 aromatic rings. The molecule has 98 valence electrons. The Morgan fingerprint density at radius 1 is 1.33 bits per heavy atom. The highest BCUT2D eigenvalue weighted by molar-refractivity contribution is 9.10. The molecule has 0 unspecified atom stereocenters.